The molecule has 1 heterocycles. The van der Waals surface area contributed by atoms with Gasteiger partial charge in [-0.25, -0.2) is 0 Å². The quantitative estimate of drug-likeness (QED) is 0.859. The van der Waals surface area contributed by atoms with Gasteiger partial charge in [-0.2, -0.15) is 0 Å². The second kappa shape index (κ2) is 5.04. The molecule has 1 aromatic carbocycles. The zero-order chi connectivity index (χ0) is 12.3. The topological polar surface area (TPSA) is 42.2 Å². The Kier molecular flexibility index (Phi) is 3.47. The van der Waals surface area contributed by atoms with E-state index in [4.69, 9.17) is 5.11 Å². The molecule has 1 aromatic heterocycles. The molecule has 0 spiro atoms. The highest BCUT2D eigenvalue weighted by Gasteiger charge is 2.03. The molecule has 0 amide bonds. The molecule has 0 aliphatic carbocycles. The van der Waals surface area contributed by atoms with E-state index in [1.807, 2.05) is 6.07 Å². The highest BCUT2D eigenvalue weighted by molar-refractivity contribution is 5.81. The number of benzene rings is 1. The highest BCUT2D eigenvalue weighted by Crippen LogP contribution is 2.19. The van der Waals surface area contributed by atoms with Crippen molar-refractivity contribution in [1.29, 1.82) is 0 Å². The molecular weight excluding hydrogens is 214 g/mol. The highest BCUT2D eigenvalue weighted by atomic mass is 16.4. The molecule has 0 aliphatic rings. The number of nitrogens with zero attached hydrogens (tertiary/aromatic N) is 1. The standard InChI is InChI=1S/C14H17NO2/c1-2-8-15-9-7-12-10-11(3-5-13(12)15)4-6-14(16)17/h3,5,7,9-10H,2,4,6,8H2,1H3,(H,16,17). The Bertz CT molecular complexity index is 528. The van der Waals surface area contributed by atoms with E-state index in [9.17, 15) is 4.79 Å². The predicted octanol–water partition coefficient (Wildman–Crippen LogP) is 3.07. The fourth-order valence-corrected chi connectivity index (χ4v) is 2.09. The average molecular weight is 231 g/mol. The van der Waals surface area contributed by atoms with Gasteiger partial charge in [0.25, 0.3) is 0 Å². The van der Waals surface area contributed by atoms with E-state index in [-0.39, 0.29) is 6.42 Å². The third-order valence-corrected chi connectivity index (χ3v) is 2.93. The lowest BCUT2D eigenvalue weighted by atomic mass is 10.1. The number of hydrogen-bond acceptors (Lipinski definition) is 1. The maximum Gasteiger partial charge on any atom is 0.303 e. The van der Waals surface area contributed by atoms with E-state index in [0.717, 1.165) is 18.5 Å². The molecule has 2 aromatic rings. The minimum atomic E-state index is -0.742. The maximum absolute atomic E-state index is 10.5. The minimum Gasteiger partial charge on any atom is -0.481 e. The van der Waals surface area contributed by atoms with E-state index < -0.39 is 5.97 Å². The molecule has 0 atom stereocenters. The minimum absolute atomic E-state index is 0.196. The number of aromatic nitrogens is 1. The van der Waals surface area contributed by atoms with Crippen molar-refractivity contribution in [2.75, 3.05) is 0 Å². The molecule has 90 valence electrons. The monoisotopic (exact) mass is 231 g/mol. The first-order valence-corrected chi connectivity index (χ1v) is 6.00. The zero-order valence-electron chi connectivity index (χ0n) is 10.0. The van der Waals surface area contributed by atoms with Crippen molar-refractivity contribution >= 4 is 16.9 Å². The van der Waals surface area contributed by atoms with Crippen LogP contribution in [0.25, 0.3) is 10.9 Å². The number of aliphatic carboxylic acids is 1. The van der Waals surface area contributed by atoms with Crippen LogP contribution in [0.5, 0.6) is 0 Å². The van der Waals surface area contributed by atoms with Crippen LogP contribution in [0, 0.1) is 0 Å². The Morgan fingerprint density at radius 2 is 2.18 bits per heavy atom. The smallest absolute Gasteiger partial charge is 0.303 e. The van der Waals surface area contributed by atoms with Crippen LogP contribution in [-0.2, 0) is 17.8 Å². The Morgan fingerprint density at radius 3 is 2.88 bits per heavy atom. The van der Waals surface area contributed by atoms with Crippen molar-refractivity contribution in [2.24, 2.45) is 0 Å². The molecule has 3 heteroatoms. The normalized spacial score (nSPS) is 10.9. The lowest BCUT2D eigenvalue weighted by molar-refractivity contribution is -0.136. The number of fused-ring (bicyclic) bond motifs is 1. The molecule has 0 radical (unpaired) electrons. The summed E-state index contributed by atoms with van der Waals surface area (Å²) in [4.78, 5) is 10.5. The van der Waals surface area contributed by atoms with Gasteiger partial charge >= 0.3 is 5.97 Å². The summed E-state index contributed by atoms with van der Waals surface area (Å²) in [6.45, 7) is 3.19. The van der Waals surface area contributed by atoms with Crippen LogP contribution in [0.15, 0.2) is 30.5 Å². The maximum atomic E-state index is 10.5. The van der Waals surface area contributed by atoms with Crippen LogP contribution < -0.4 is 0 Å². The fraction of sp³-hybridized carbons (Fsp3) is 0.357. The van der Waals surface area contributed by atoms with Gasteiger partial charge in [-0.05, 0) is 42.0 Å². The first-order chi connectivity index (χ1) is 8.20. The van der Waals surface area contributed by atoms with Gasteiger partial charge in [0.1, 0.15) is 0 Å². The molecule has 17 heavy (non-hydrogen) atoms. The van der Waals surface area contributed by atoms with Crippen molar-refractivity contribution in [1.82, 2.24) is 4.57 Å². The lowest BCUT2D eigenvalue weighted by Crippen LogP contribution is -1.97. The number of carboxylic acids is 1. The molecule has 0 fully saturated rings. The third kappa shape index (κ3) is 2.67. The van der Waals surface area contributed by atoms with Crippen LogP contribution >= 0.6 is 0 Å². The van der Waals surface area contributed by atoms with Crippen molar-refractivity contribution in [3.05, 3.63) is 36.0 Å². The Balaban J connectivity index is 2.23. The SMILES string of the molecule is CCCn1ccc2cc(CCC(=O)O)ccc21. The van der Waals surface area contributed by atoms with Gasteiger partial charge in [-0.15, -0.1) is 0 Å². The summed E-state index contributed by atoms with van der Waals surface area (Å²) in [5.74, 6) is -0.742. The number of hydrogen-bond donors (Lipinski definition) is 1. The van der Waals surface area contributed by atoms with Crippen LogP contribution in [-0.4, -0.2) is 15.6 Å². The van der Waals surface area contributed by atoms with E-state index in [2.05, 4.69) is 35.9 Å². The molecule has 3 nitrogen and oxygen atoms in total. The Labute approximate surface area is 101 Å². The first-order valence-electron chi connectivity index (χ1n) is 6.00. The number of rotatable bonds is 5. The lowest BCUT2D eigenvalue weighted by Gasteiger charge is -2.04. The fourth-order valence-electron chi connectivity index (χ4n) is 2.09. The van der Waals surface area contributed by atoms with Crippen LogP contribution in [0.2, 0.25) is 0 Å². The van der Waals surface area contributed by atoms with Crippen molar-refractivity contribution in [3.8, 4) is 0 Å². The zero-order valence-corrected chi connectivity index (χ0v) is 10.0. The summed E-state index contributed by atoms with van der Waals surface area (Å²) in [6.07, 6.45) is 4.01. The number of carbonyl (C=O) groups is 1. The predicted molar refractivity (Wildman–Crippen MR) is 68.2 cm³/mol. The number of carboxylic acid groups (broad SMARTS) is 1. The van der Waals surface area contributed by atoms with Gasteiger partial charge in [0.15, 0.2) is 0 Å². The van der Waals surface area contributed by atoms with Gasteiger partial charge in [0, 0.05) is 24.7 Å². The summed E-state index contributed by atoms with van der Waals surface area (Å²) in [5.41, 5.74) is 2.32. The second-order valence-electron chi connectivity index (χ2n) is 4.30. The van der Waals surface area contributed by atoms with E-state index in [0.29, 0.717) is 6.42 Å². The Morgan fingerprint density at radius 1 is 1.35 bits per heavy atom. The summed E-state index contributed by atoms with van der Waals surface area (Å²) in [5, 5.41) is 9.85. The summed E-state index contributed by atoms with van der Waals surface area (Å²) < 4.78 is 2.23. The molecule has 0 aliphatic heterocycles. The second-order valence-corrected chi connectivity index (χ2v) is 4.30. The van der Waals surface area contributed by atoms with Crippen molar-refractivity contribution in [3.63, 3.8) is 0 Å². The van der Waals surface area contributed by atoms with Gasteiger partial charge in [-0.1, -0.05) is 13.0 Å². The largest absolute Gasteiger partial charge is 0.481 e. The molecule has 2 rings (SSSR count). The van der Waals surface area contributed by atoms with Gasteiger partial charge in [-0.3, -0.25) is 4.79 Å². The Hall–Kier alpha value is -1.77. The molecule has 1 N–H and O–H groups in total. The van der Waals surface area contributed by atoms with E-state index >= 15 is 0 Å². The van der Waals surface area contributed by atoms with Gasteiger partial charge in [0.05, 0.1) is 0 Å². The van der Waals surface area contributed by atoms with Crippen LogP contribution in [0.1, 0.15) is 25.3 Å². The summed E-state index contributed by atoms with van der Waals surface area (Å²) in [6, 6.07) is 8.29. The van der Waals surface area contributed by atoms with E-state index in [1.54, 1.807) is 0 Å². The van der Waals surface area contributed by atoms with Crippen LogP contribution in [0.4, 0.5) is 0 Å². The molecule has 0 bridgehead atoms. The first kappa shape index (κ1) is 11.7. The third-order valence-electron chi connectivity index (χ3n) is 2.93. The van der Waals surface area contributed by atoms with E-state index in [1.165, 1.54) is 10.9 Å². The number of aryl methyl sites for hydroxylation is 2. The van der Waals surface area contributed by atoms with Crippen molar-refractivity contribution in [2.45, 2.75) is 32.7 Å². The van der Waals surface area contributed by atoms with Crippen molar-refractivity contribution < 1.29 is 9.90 Å². The molecular formula is C14H17NO2. The molecule has 0 saturated carbocycles. The average Bonchev–Trinajstić information content (AvgIpc) is 2.70. The van der Waals surface area contributed by atoms with Crippen LogP contribution in [0.3, 0.4) is 0 Å². The van der Waals surface area contributed by atoms with Gasteiger partial charge < -0.3 is 9.67 Å². The molecule has 0 saturated heterocycles. The van der Waals surface area contributed by atoms with Gasteiger partial charge in [0.2, 0.25) is 0 Å². The summed E-state index contributed by atoms with van der Waals surface area (Å²) in [7, 11) is 0. The summed E-state index contributed by atoms with van der Waals surface area (Å²) >= 11 is 0. The molecule has 0 unspecified atom stereocenters.